The second-order valence-corrected chi connectivity index (χ2v) is 4.27. The van der Waals surface area contributed by atoms with Gasteiger partial charge in [0.15, 0.2) is 0 Å². The summed E-state index contributed by atoms with van der Waals surface area (Å²) >= 11 is 6.01. The van der Waals surface area contributed by atoms with Crippen LogP contribution in [0.3, 0.4) is 0 Å². The zero-order chi connectivity index (χ0) is 13.1. The third-order valence-corrected chi connectivity index (χ3v) is 2.73. The molecule has 0 aliphatic rings. The molecule has 2 aromatic rings. The van der Waals surface area contributed by atoms with Crippen LogP contribution in [0.25, 0.3) is 0 Å². The largest absolute Gasteiger partial charge is 0.478 e. The van der Waals surface area contributed by atoms with Crippen molar-refractivity contribution in [3.8, 4) is 11.5 Å². The first kappa shape index (κ1) is 12.5. The molecule has 0 unspecified atom stereocenters. The Morgan fingerprint density at radius 1 is 1.17 bits per heavy atom. The second-order valence-electron chi connectivity index (χ2n) is 3.87. The highest BCUT2D eigenvalue weighted by Gasteiger charge is 2.05. The molecular weight excluding hydrogens is 252 g/mol. The van der Waals surface area contributed by atoms with E-state index < -0.39 is 5.97 Å². The number of aromatic carboxylic acids is 1. The van der Waals surface area contributed by atoms with Crippen molar-refractivity contribution in [2.75, 3.05) is 0 Å². The summed E-state index contributed by atoms with van der Waals surface area (Å²) in [5.74, 6) is 0.141. The van der Waals surface area contributed by atoms with Gasteiger partial charge in [0.1, 0.15) is 11.5 Å². The summed E-state index contributed by atoms with van der Waals surface area (Å²) in [5.41, 5.74) is 1.26. The maximum atomic E-state index is 10.7. The molecular formula is C14H11ClO3. The van der Waals surface area contributed by atoms with E-state index in [2.05, 4.69) is 0 Å². The molecule has 0 aliphatic carbocycles. The lowest BCUT2D eigenvalue weighted by molar-refractivity contribution is 0.0697. The van der Waals surface area contributed by atoms with E-state index in [9.17, 15) is 4.79 Å². The molecule has 0 fully saturated rings. The Morgan fingerprint density at radius 3 is 2.44 bits per heavy atom. The Morgan fingerprint density at radius 2 is 1.83 bits per heavy atom. The summed E-state index contributed by atoms with van der Waals surface area (Å²) in [4.78, 5) is 10.7. The standard InChI is InChI=1S/C14H11ClO3/c1-9-2-7-12(15)13(8-9)18-11-5-3-10(4-6-11)14(16)17/h2-8H,1H3,(H,16,17). The van der Waals surface area contributed by atoms with Crippen LogP contribution in [0.5, 0.6) is 11.5 Å². The number of carboxylic acid groups (broad SMARTS) is 1. The molecule has 0 saturated heterocycles. The highest BCUT2D eigenvalue weighted by Crippen LogP contribution is 2.30. The van der Waals surface area contributed by atoms with Crippen LogP contribution >= 0.6 is 11.6 Å². The molecule has 1 N–H and O–H groups in total. The van der Waals surface area contributed by atoms with Gasteiger partial charge in [-0.25, -0.2) is 4.79 Å². The van der Waals surface area contributed by atoms with Crippen LogP contribution in [0.15, 0.2) is 42.5 Å². The van der Waals surface area contributed by atoms with Crippen molar-refractivity contribution in [3.63, 3.8) is 0 Å². The molecule has 0 aromatic heterocycles. The average molecular weight is 263 g/mol. The smallest absolute Gasteiger partial charge is 0.335 e. The molecule has 0 atom stereocenters. The maximum Gasteiger partial charge on any atom is 0.335 e. The number of carboxylic acids is 1. The predicted octanol–water partition coefficient (Wildman–Crippen LogP) is 4.14. The third kappa shape index (κ3) is 2.81. The topological polar surface area (TPSA) is 46.5 Å². The highest BCUT2D eigenvalue weighted by atomic mass is 35.5. The first-order valence-electron chi connectivity index (χ1n) is 5.33. The van der Waals surface area contributed by atoms with Crippen molar-refractivity contribution in [2.45, 2.75) is 6.92 Å². The number of rotatable bonds is 3. The van der Waals surface area contributed by atoms with Crippen molar-refractivity contribution >= 4 is 17.6 Å². The van der Waals surface area contributed by atoms with Crippen LogP contribution in [0.1, 0.15) is 15.9 Å². The molecule has 18 heavy (non-hydrogen) atoms. The van der Waals surface area contributed by atoms with Crippen LogP contribution in [-0.4, -0.2) is 11.1 Å². The van der Waals surface area contributed by atoms with E-state index in [1.165, 1.54) is 12.1 Å². The van der Waals surface area contributed by atoms with E-state index in [1.807, 2.05) is 19.1 Å². The molecule has 0 aliphatic heterocycles. The van der Waals surface area contributed by atoms with Crippen LogP contribution in [-0.2, 0) is 0 Å². The normalized spacial score (nSPS) is 10.1. The van der Waals surface area contributed by atoms with Gasteiger partial charge in [0, 0.05) is 0 Å². The van der Waals surface area contributed by atoms with E-state index in [-0.39, 0.29) is 5.56 Å². The van der Waals surface area contributed by atoms with Gasteiger partial charge in [-0.1, -0.05) is 17.7 Å². The Bertz CT molecular complexity index is 576. The number of halogens is 1. The molecule has 0 saturated carbocycles. The second kappa shape index (κ2) is 5.10. The van der Waals surface area contributed by atoms with Crippen molar-refractivity contribution in [3.05, 3.63) is 58.6 Å². The lowest BCUT2D eigenvalue weighted by atomic mass is 10.2. The molecule has 0 heterocycles. The van der Waals surface area contributed by atoms with Gasteiger partial charge in [-0.2, -0.15) is 0 Å². The Labute approximate surface area is 110 Å². The number of carbonyl (C=O) groups is 1. The summed E-state index contributed by atoms with van der Waals surface area (Å²) in [7, 11) is 0. The number of ether oxygens (including phenoxy) is 1. The highest BCUT2D eigenvalue weighted by molar-refractivity contribution is 6.32. The van der Waals surface area contributed by atoms with Gasteiger partial charge in [0.25, 0.3) is 0 Å². The zero-order valence-electron chi connectivity index (χ0n) is 9.68. The molecule has 0 radical (unpaired) electrons. The predicted molar refractivity (Wildman–Crippen MR) is 69.7 cm³/mol. The average Bonchev–Trinajstić information content (AvgIpc) is 2.34. The Balaban J connectivity index is 2.23. The van der Waals surface area contributed by atoms with Crippen LogP contribution in [0.2, 0.25) is 5.02 Å². The lowest BCUT2D eigenvalue weighted by Crippen LogP contribution is -1.95. The zero-order valence-corrected chi connectivity index (χ0v) is 10.4. The fourth-order valence-electron chi connectivity index (χ4n) is 1.48. The van der Waals surface area contributed by atoms with Crippen LogP contribution in [0.4, 0.5) is 0 Å². The summed E-state index contributed by atoms with van der Waals surface area (Å²) in [6, 6.07) is 11.7. The van der Waals surface area contributed by atoms with E-state index in [0.29, 0.717) is 16.5 Å². The van der Waals surface area contributed by atoms with Crippen LogP contribution < -0.4 is 4.74 Å². The molecule has 4 heteroatoms. The molecule has 2 rings (SSSR count). The molecule has 3 nitrogen and oxygen atoms in total. The lowest BCUT2D eigenvalue weighted by Gasteiger charge is -2.08. The minimum atomic E-state index is -0.963. The van der Waals surface area contributed by atoms with Gasteiger partial charge < -0.3 is 9.84 Å². The fourth-order valence-corrected chi connectivity index (χ4v) is 1.64. The van der Waals surface area contributed by atoms with Gasteiger partial charge in [0.05, 0.1) is 10.6 Å². The van der Waals surface area contributed by atoms with Crippen molar-refractivity contribution in [1.82, 2.24) is 0 Å². The van der Waals surface area contributed by atoms with Gasteiger partial charge in [-0.3, -0.25) is 0 Å². The number of aryl methyl sites for hydroxylation is 1. The molecule has 2 aromatic carbocycles. The first-order valence-corrected chi connectivity index (χ1v) is 5.71. The fraction of sp³-hybridized carbons (Fsp3) is 0.0714. The number of benzene rings is 2. The van der Waals surface area contributed by atoms with Gasteiger partial charge in [-0.05, 0) is 48.9 Å². The molecule has 0 bridgehead atoms. The van der Waals surface area contributed by atoms with Crippen molar-refractivity contribution in [1.29, 1.82) is 0 Å². The number of hydrogen-bond donors (Lipinski definition) is 1. The summed E-state index contributed by atoms with van der Waals surface area (Å²) in [6.45, 7) is 1.94. The van der Waals surface area contributed by atoms with Crippen molar-refractivity contribution < 1.29 is 14.6 Å². The summed E-state index contributed by atoms with van der Waals surface area (Å²) in [6.07, 6.45) is 0. The van der Waals surface area contributed by atoms with E-state index in [0.717, 1.165) is 5.56 Å². The van der Waals surface area contributed by atoms with E-state index >= 15 is 0 Å². The summed E-state index contributed by atoms with van der Waals surface area (Å²) in [5, 5.41) is 9.30. The molecule has 0 amide bonds. The quantitative estimate of drug-likeness (QED) is 0.904. The first-order chi connectivity index (χ1) is 8.56. The van der Waals surface area contributed by atoms with Gasteiger partial charge >= 0.3 is 5.97 Å². The SMILES string of the molecule is Cc1ccc(Cl)c(Oc2ccc(C(=O)O)cc2)c1. The van der Waals surface area contributed by atoms with Gasteiger partial charge in [0.2, 0.25) is 0 Å². The van der Waals surface area contributed by atoms with Gasteiger partial charge in [-0.15, -0.1) is 0 Å². The molecule has 92 valence electrons. The van der Waals surface area contributed by atoms with E-state index in [4.69, 9.17) is 21.4 Å². The minimum Gasteiger partial charge on any atom is -0.478 e. The maximum absolute atomic E-state index is 10.7. The number of hydrogen-bond acceptors (Lipinski definition) is 2. The Kier molecular flexibility index (Phi) is 3.53. The Hall–Kier alpha value is -2.00. The molecule has 0 spiro atoms. The monoisotopic (exact) mass is 262 g/mol. The van der Waals surface area contributed by atoms with E-state index in [1.54, 1.807) is 18.2 Å². The van der Waals surface area contributed by atoms with Crippen LogP contribution in [0, 0.1) is 6.92 Å². The van der Waals surface area contributed by atoms with Crippen molar-refractivity contribution in [2.24, 2.45) is 0 Å². The summed E-state index contributed by atoms with van der Waals surface area (Å²) < 4.78 is 5.60. The third-order valence-electron chi connectivity index (χ3n) is 2.42. The minimum absolute atomic E-state index is 0.220.